The second-order valence-corrected chi connectivity index (χ2v) is 11.6. The first-order valence-electron chi connectivity index (χ1n) is 10.8. The van der Waals surface area contributed by atoms with Gasteiger partial charge in [-0.3, -0.25) is 19.8 Å². The van der Waals surface area contributed by atoms with Crippen LogP contribution in [0, 0.1) is 15.9 Å². The Bertz CT molecular complexity index is 1610. The van der Waals surface area contributed by atoms with E-state index in [1.807, 2.05) is 0 Å². The van der Waals surface area contributed by atoms with Gasteiger partial charge in [0.25, 0.3) is 11.6 Å². The van der Waals surface area contributed by atoms with E-state index < -0.39 is 72.1 Å². The zero-order chi connectivity index (χ0) is 30.8. The van der Waals surface area contributed by atoms with Crippen LogP contribution in [0.2, 0.25) is 20.1 Å². The Morgan fingerprint density at radius 2 is 1.54 bits per heavy atom. The van der Waals surface area contributed by atoms with E-state index in [-0.39, 0.29) is 31.6 Å². The molecule has 0 saturated heterocycles. The van der Waals surface area contributed by atoms with Crippen molar-refractivity contribution in [3.63, 3.8) is 0 Å². The summed E-state index contributed by atoms with van der Waals surface area (Å²) in [6.45, 7) is 0. The van der Waals surface area contributed by atoms with E-state index in [0.717, 1.165) is 24.3 Å². The number of benzene rings is 3. The summed E-state index contributed by atoms with van der Waals surface area (Å²) in [6.07, 6.45) is -5.35. The molecular formula is C24H10Cl6F4N2O5. The van der Waals surface area contributed by atoms with Crippen LogP contribution in [0.5, 0.6) is 0 Å². The van der Waals surface area contributed by atoms with Crippen LogP contribution in [0.4, 0.5) is 28.9 Å². The summed E-state index contributed by atoms with van der Waals surface area (Å²) in [5.74, 6) is -6.69. The number of anilines is 1. The second-order valence-electron chi connectivity index (χ2n) is 8.65. The fourth-order valence-corrected chi connectivity index (χ4v) is 6.34. The Hall–Kier alpha value is -2.54. The lowest BCUT2D eigenvalue weighted by molar-refractivity contribution is -0.384. The number of alkyl halides is 5. The molecule has 3 aromatic carbocycles. The van der Waals surface area contributed by atoms with Crippen LogP contribution in [0.25, 0.3) is 0 Å². The lowest BCUT2D eigenvalue weighted by Gasteiger charge is -2.33. The number of nitrogens with zero attached hydrogens (tertiary/aromatic N) is 2. The first-order chi connectivity index (χ1) is 18.9. The minimum absolute atomic E-state index is 0.0256. The number of hydrogen-bond donors (Lipinski definition) is 1. The number of carboxylic acid groups (broad SMARTS) is 1. The molecule has 1 aliphatic rings. The molecule has 1 amide bonds. The van der Waals surface area contributed by atoms with E-state index in [1.54, 1.807) is 0 Å². The van der Waals surface area contributed by atoms with Gasteiger partial charge >= 0.3 is 12.1 Å². The number of carbonyl (C=O) groups excluding carboxylic acids is 1. The van der Waals surface area contributed by atoms with Crippen molar-refractivity contribution in [2.45, 2.75) is 22.0 Å². The predicted molar refractivity (Wildman–Crippen MR) is 145 cm³/mol. The number of hydrogen-bond acceptors (Lipinski definition) is 4. The first kappa shape index (κ1) is 31.4. The Labute approximate surface area is 257 Å². The molecule has 7 nitrogen and oxygen atoms in total. The summed E-state index contributed by atoms with van der Waals surface area (Å²) in [5.41, 5.74) is -7.55. The zero-order valence-corrected chi connectivity index (χ0v) is 24.0. The van der Waals surface area contributed by atoms with Gasteiger partial charge in [0.2, 0.25) is 0 Å². The van der Waals surface area contributed by atoms with Gasteiger partial charge in [-0.2, -0.15) is 13.2 Å². The van der Waals surface area contributed by atoms with Gasteiger partial charge in [0.1, 0.15) is 5.82 Å². The van der Waals surface area contributed by atoms with Crippen LogP contribution in [0.15, 0.2) is 48.5 Å². The van der Waals surface area contributed by atoms with Crippen LogP contribution in [0.3, 0.4) is 0 Å². The number of amides is 1. The minimum Gasteiger partial charge on any atom is -0.479 e. The number of rotatable bonds is 6. The van der Waals surface area contributed by atoms with Gasteiger partial charge in [0.05, 0.1) is 47.7 Å². The van der Waals surface area contributed by atoms with Crippen molar-refractivity contribution < 1.29 is 37.2 Å². The van der Waals surface area contributed by atoms with Gasteiger partial charge in [-0.1, -0.05) is 69.6 Å². The molecule has 4 rings (SSSR count). The normalized spacial score (nSPS) is 19.5. The predicted octanol–water partition coefficient (Wildman–Crippen LogP) is 8.81. The smallest absolute Gasteiger partial charge is 0.418 e. The maximum absolute atomic E-state index is 14.2. The lowest BCUT2D eigenvalue weighted by Crippen LogP contribution is -2.52. The summed E-state index contributed by atoms with van der Waals surface area (Å²) in [4.78, 5) is 37.6. The van der Waals surface area contributed by atoms with Gasteiger partial charge in [-0.05, 0) is 42.0 Å². The van der Waals surface area contributed by atoms with Crippen LogP contribution in [-0.4, -0.2) is 31.8 Å². The summed E-state index contributed by atoms with van der Waals surface area (Å²) in [7, 11) is 0. The third-order valence-electron chi connectivity index (χ3n) is 6.32. The maximum Gasteiger partial charge on any atom is 0.418 e. The Kier molecular flexibility index (Phi) is 8.14. The number of nitro groups is 1. The summed E-state index contributed by atoms with van der Waals surface area (Å²) in [5, 5.41) is 20.8. The van der Waals surface area contributed by atoms with Gasteiger partial charge in [-0.15, -0.1) is 0 Å². The average Bonchev–Trinajstić information content (AvgIpc) is 3.39. The van der Waals surface area contributed by atoms with Crippen LogP contribution < -0.4 is 4.90 Å². The quantitative estimate of drug-likeness (QED) is 0.0914. The lowest BCUT2D eigenvalue weighted by atomic mass is 10.00. The van der Waals surface area contributed by atoms with Crippen molar-refractivity contribution in [2.75, 3.05) is 4.90 Å². The van der Waals surface area contributed by atoms with Crippen molar-refractivity contribution in [1.29, 1.82) is 0 Å². The fourth-order valence-electron chi connectivity index (χ4n) is 4.52. The van der Waals surface area contributed by atoms with Crippen LogP contribution in [0.1, 0.15) is 27.4 Å². The fraction of sp³-hybridized carbons (Fsp3) is 0.167. The number of halogens is 10. The van der Waals surface area contributed by atoms with E-state index in [1.165, 1.54) is 0 Å². The molecule has 1 fully saturated rings. The number of carboxylic acids is 1. The highest BCUT2D eigenvalue weighted by Crippen LogP contribution is 2.72. The van der Waals surface area contributed by atoms with E-state index in [9.17, 15) is 42.4 Å². The van der Waals surface area contributed by atoms with Crippen LogP contribution in [-0.2, 0) is 11.0 Å². The largest absolute Gasteiger partial charge is 0.479 e. The third-order valence-corrected chi connectivity index (χ3v) is 8.86. The molecule has 1 aliphatic carbocycles. The summed E-state index contributed by atoms with van der Waals surface area (Å²) in [6, 6.07) is 5.69. The van der Waals surface area contributed by atoms with Gasteiger partial charge < -0.3 is 5.11 Å². The standard InChI is InChI=1S/C24H10Cl6F4N2O5/c25-14-3-2-11(36(40)41)8-12(14)20(37)35(17-4-1-10(31)7-13(17)24(32,33)34)22(21(38)39)19(23(22,29)30)9-5-15(26)18(28)16(27)6-9/h1-8,19H,(H,38,39). The summed E-state index contributed by atoms with van der Waals surface area (Å²) >= 11 is 37.2. The van der Waals surface area contributed by atoms with Crippen molar-refractivity contribution in [3.8, 4) is 0 Å². The molecule has 0 heterocycles. The molecule has 0 aliphatic heterocycles. The molecule has 216 valence electrons. The third kappa shape index (κ3) is 5.06. The number of aliphatic carboxylic acids is 1. The highest BCUT2D eigenvalue weighted by atomic mass is 35.5. The van der Waals surface area contributed by atoms with Gasteiger partial charge in [-0.25, -0.2) is 9.18 Å². The van der Waals surface area contributed by atoms with Crippen molar-refractivity contribution in [3.05, 3.63) is 101 Å². The van der Waals surface area contributed by atoms with Crippen molar-refractivity contribution in [1.82, 2.24) is 0 Å². The van der Waals surface area contributed by atoms with E-state index in [2.05, 4.69) is 0 Å². The SMILES string of the molecule is O=C(c1cc([N+](=O)[O-])ccc1Cl)N(c1ccc(F)cc1C(F)(F)F)C1(C(=O)O)C(c2cc(Cl)c(Cl)c(Cl)c2)C1(Cl)Cl. The second kappa shape index (κ2) is 10.6. The van der Waals surface area contributed by atoms with E-state index >= 15 is 0 Å². The maximum atomic E-state index is 14.2. The highest BCUT2D eigenvalue weighted by Gasteiger charge is 2.85. The average molecular weight is 695 g/mol. The molecule has 2 unspecified atom stereocenters. The number of nitro benzene ring substituents is 1. The molecule has 3 aromatic rings. The monoisotopic (exact) mass is 692 g/mol. The number of carbonyl (C=O) groups is 2. The minimum atomic E-state index is -5.35. The molecule has 1 saturated carbocycles. The summed E-state index contributed by atoms with van der Waals surface area (Å²) < 4.78 is 54.0. The number of non-ortho nitro benzene ring substituents is 1. The first-order valence-corrected chi connectivity index (χ1v) is 13.0. The topological polar surface area (TPSA) is 101 Å². The van der Waals surface area contributed by atoms with E-state index in [4.69, 9.17) is 69.6 Å². The molecular weight excluding hydrogens is 685 g/mol. The van der Waals surface area contributed by atoms with Gasteiger partial charge in [0, 0.05) is 12.1 Å². The molecule has 0 aromatic heterocycles. The van der Waals surface area contributed by atoms with Crippen molar-refractivity contribution >= 4 is 92.9 Å². The molecule has 17 heteroatoms. The molecule has 2 atom stereocenters. The molecule has 0 bridgehead atoms. The molecule has 0 spiro atoms. The molecule has 41 heavy (non-hydrogen) atoms. The van der Waals surface area contributed by atoms with Crippen molar-refractivity contribution in [2.24, 2.45) is 0 Å². The van der Waals surface area contributed by atoms with E-state index in [0.29, 0.717) is 18.2 Å². The highest BCUT2D eigenvalue weighted by molar-refractivity contribution is 6.56. The Balaban J connectivity index is 2.10. The molecule has 0 radical (unpaired) electrons. The Morgan fingerprint density at radius 1 is 0.951 bits per heavy atom. The molecule has 1 N–H and O–H groups in total. The Morgan fingerprint density at radius 3 is 2.05 bits per heavy atom. The van der Waals surface area contributed by atoms with Crippen LogP contribution >= 0.6 is 69.6 Å². The van der Waals surface area contributed by atoms with Gasteiger partial charge in [0.15, 0.2) is 9.87 Å². The zero-order valence-electron chi connectivity index (χ0n) is 19.5.